The summed E-state index contributed by atoms with van der Waals surface area (Å²) in [5.41, 5.74) is -0.382. The Balaban J connectivity index is 2.65. The summed E-state index contributed by atoms with van der Waals surface area (Å²) in [6.07, 6.45) is 0.933. The molecule has 0 bridgehead atoms. The van der Waals surface area contributed by atoms with Crippen LogP contribution in [0.2, 0.25) is 0 Å². The van der Waals surface area contributed by atoms with Crippen LogP contribution in [0.5, 0.6) is 0 Å². The molecular formula is C10H20N2O2. The highest BCUT2D eigenvalue weighted by Gasteiger charge is 2.44. The molecule has 2 unspecified atom stereocenters. The summed E-state index contributed by atoms with van der Waals surface area (Å²) < 4.78 is 4.98. The van der Waals surface area contributed by atoms with Crippen LogP contribution < -0.4 is 5.32 Å². The Kier molecular flexibility index (Phi) is 3.50. The van der Waals surface area contributed by atoms with E-state index in [0.717, 1.165) is 6.42 Å². The largest absolute Gasteiger partial charge is 0.383 e. The summed E-state index contributed by atoms with van der Waals surface area (Å²) in [4.78, 5) is 13.8. The average Bonchev–Trinajstić information content (AvgIpc) is 2.37. The molecule has 1 N–H and O–H groups in total. The van der Waals surface area contributed by atoms with Crippen molar-refractivity contribution in [1.82, 2.24) is 10.2 Å². The molecule has 1 amide bonds. The third kappa shape index (κ3) is 1.91. The van der Waals surface area contributed by atoms with Gasteiger partial charge in [0.15, 0.2) is 0 Å². The number of ether oxygens (including phenoxy) is 1. The van der Waals surface area contributed by atoms with Gasteiger partial charge in [0.2, 0.25) is 5.91 Å². The van der Waals surface area contributed by atoms with Gasteiger partial charge in [0.25, 0.3) is 0 Å². The monoisotopic (exact) mass is 200 g/mol. The highest BCUT2D eigenvalue weighted by atomic mass is 16.5. The van der Waals surface area contributed by atoms with E-state index in [9.17, 15) is 4.79 Å². The molecule has 1 aliphatic heterocycles. The fourth-order valence-corrected chi connectivity index (χ4v) is 1.83. The molecule has 14 heavy (non-hydrogen) atoms. The zero-order valence-electron chi connectivity index (χ0n) is 9.46. The maximum Gasteiger partial charge on any atom is 0.243 e. The molecule has 0 radical (unpaired) electrons. The van der Waals surface area contributed by atoms with Gasteiger partial charge in [-0.2, -0.15) is 0 Å². The van der Waals surface area contributed by atoms with Crippen molar-refractivity contribution in [2.75, 3.05) is 20.3 Å². The zero-order valence-corrected chi connectivity index (χ0v) is 9.46. The van der Waals surface area contributed by atoms with E-state index in [1.807, 2.05) is 25.7 Å². The van der Waals surface area contributed by atoms with Gasteiger partial charge < -0.3 is 9.64 Å². The third-order valence-corrected chi connectivity index (χ3v) is 2.97. The van der Waals surface area contributed by atoms with E-state index in [4.69, 9.17) is 4.74 Å². The normalized spacial score (nSPS) is 32.7. The summed E-state index contributed by atoms with van der Waals surface area (Å²) in [5.74, 6) is 0.185. The number of carbonyl (C=O) groups is 1. The van der Waals surface area contributed by atoms with E-state index in [1.54, 1.807) is 7.11 Å². The van der Waals surface area contributed by atoms with Crippen LogP contribution in [0.3, 0.4) is 0 Å². The Bertz CT molecular complexity index is 220. The van der Waals surface area contributed by atoms with Gasteiger partial charge in [-0.05, 0) is 20.3 Å². The zero-order chi connectivity index (χ0) is 10.8. The molecule has 0 aliphatic carbocycles. The molecule has 1 aliphatic rings. The molecule has 0 aromatic carbocycles. The first-order valence-corrected chi connectivity index (χ1v) is 5.13. The maximum atomic E-state index is 12.0. The Morgan fingerprint density at radius 2 is 2.29 bits per heavy atom. The van der Waals surface area contributed by atoms with Crippen molar-refractivity contribution in [3.8, 4) is 0 Å². The molecule has 2 atom stereocenters. The second-order valence-electron chi connectivity index (χ2n) is 4.00. The maximum absolute atomic E-state index is 12.0. The summed E-state index contributed by atoms with van der Waals surface area (Å²) >= 11 is 0. The van der Waals surface area contributed by atoms with Crippen LogP contribution in [-0.2, 0) is 9.53 Å². The second kappa shape index (κ2) is 4.28. The van der Waals surface area contributed by atoms with E-state index >= 15 is 0 Å². The van der Waals surface area contributed by atoms with E-state index in [0.29, 0.717) is 13.2 Å². The molecule has 4 nitrogen and oxygen atoms in total. The van der Waals surface area contributed by atoms with Gasteiger partial charge in [0.05, 0.1) is 18.3 Å². The Hall–Kier alpha value is -0.610. The van der Waals surface area contributed by atoms with Crippen LogP contribution in [0, 0.1) is 0 Å². The first-order valence-electron chi connectivity index (χ1n) is 5.13. The smallest absolute Gasteiger partial charge is 0.243 e. The SMILES string of the molecule is CCC1(C)NC(C)N(CCOC)C1=O. The van der Waals surface area contributed by atoms with E-state index in [-0.39, 0.29) is 17.6 Å². The van der Waals surface area contributed by atoms with Gasteiger partial charge in [-0.25, -0.2) is 0 Å². The second-order valence-corrected chi connectivity index (χ2v) is 4.00. The van der Waals surface area contributed by atoms with Crippen molar-refractivity contribution in [3.63, 3.8) is 0 Å². The standard InChI is InChI=1S/C10H20N2O2/c1-5-10(3)9(13)12(6-7-14-4)8(2)11-10/h8,11H,5-7H2,1-4H3. The number of carbonyl (C=O) groups excluding carboxylic acids is 1. The summed E-state index contributed by atoms with van der Waals surface area (Å²) in [5, 5.41) is 3.31. The van der Waals surface area contributed by atoms with Crippen LogP contribution in [0.1, 0.15) is 27.2 Å². The number of rotatable bonds is 4. The number of nitrogens with one attached hydrogen (secondary N) is 1. The van der Waals surface area contributed by atoms with Crippen LogP contribution >= 0.6 is 0 Å². The summed E-state index contributed by atoms with van der Waals surface area (Å²) in [7, 11) is 1.65. The predicted molar refractivity (Wildman–Crippen MR) is 54.9 cm³/mol. The van der Waals surface area contributed by atoms with Crippen molar-refractivity contribution in [2.24, 2.45) is 0 Å². The first kappa shape index (κ1) is 11.5. The van der Waals surface area contributed by atoms with Crippen LogP contribution in [0.25, 0.3) is 0 Å². The number of methoxy groups -OCH3 is 1. The van der Waals surface area contributed by atoms with E-state index < -0.39 is 0 Å². The fraction of sp³-hybridized carbons (Fsp3) is 0.900. The fourth-order valence-electron chi connectivity index (χ4n) is 1.83. The average molecular weight is 200 g/mol. The molecule has 0 aromatic rings. The van der Waals surface area contributed by atoms with E-state index in [2.05, 4.69) is 5.32 Å². The highest BCUT2D eigenvalue weighted by molar-refractivity contribution is 5.88. The van der Waals surface area contributed by atoms with Crippen molar-refractivity contribution in [3.05, 3.63) is 0 Å². The van der Waals surface area contributed by atoms with Gasteiger partial charge in [-0.3, -0.25) is 10.1 Å². The Labute approximate surface area is 85.6 Å². The lowest BCUT2D eigenvalue weighted by molar-refractivity contribution is -0.133. The summed E-state index contributed by atoms with van der Waals surface area (Å²) in [6, 6.07) is 0. The van der Waals surface area contributed by atoms with Gasteiger partial charge in [-0.1, -0.05) is 6.92 Å². The molecular weight excluding hydrogens is 180 g/mol. The minimum atomic E-state index is -0.382. The topological polar surface area (TPSA) is 41.6 Å². The van der Waals surface area contributed by atoms with Gasteiger partial charge in [-0.15, -0.1) is 0 Å². The predicted octanol–water partition coefficient (Wildman–Crippen LogP) is 0.579. The lowest BCUT2D eigenvalue weighted by atomic mass is 9.99. The third-order valence-electron chi connectivity index (χ3n) is 2.97. The minimum absolute atomic E-state index is 0.114. The van der Waals surface area contributed by atoms with Gasteiger partial charge >= 0.3 is 0 Å². The number of hydrogen-bond acceptors (Lipinski definition) is 3. The molecule has 0 spiro atoms. The van der Waals surface area contributed by atoms with Crippen LogP contribution in [0.4, 0.5) is 0 Å². The first-order chi connectivity index (χ1) is 6.55. The lowest BCUT2D eigenvalue weighted by Crippen LogP contribution is -2.43. The van der Waals surface area contributed by atoms with Gasteiger partial charge in [0, 0.05) is 13.7 Å². The Morgan fingerprint density at radius 1 is 1.64 bits per heavy atom. The molecule has 4 heteroatoms. The van der Waals surface area contributed by atoms with Crippen molar-refractivity contribution >= 4 is 5.91 Å². The minimum Gasteiger partial charge on any atom is -0.383 e. The number of amides is 1. The number of hydrogen-bond donors (Lipinski definition) is 1. The molecule has 1 fully saturated rings. The molecule has 1 saturated heterocycles. The van der Waals surface area contributed by atoms with Crippen molar-refractivity contribution in [1.29, 1.82) is 0 Å². The highest BCUT2D eigenvalue weighted by Crippen LogP contribution is 2.22. The quantitative estimate of drug-likeness (QED) is 0.721. The van der Waals surface area contributed by atoms with Crippen molar-refractivity contribution in [2.45, 2.75) is 38.9 Å². The van der Waals surface area contributed by atoms with E-state index in [1.165, 1.54) is 0 Å². The molecule has 0 saturated carbocycles. The summed E-state index contributed by atoms with van der Waals surface area (Å²) in [6.45, 7) is 7.25. The van der Waals surface area contributed by atoms with Crippen LogP contribution in [-0.4, -0.2) is 42.8 Å². The van der Waals surface area contributed by atoms with Crippen LogP contribution in [0.15, 0.2) is 0 Å². The molecule has 1 rings (SSSR count). The Morgan fingerprint density at radius 3 is 2.71 bits per heavy atom. The lowest BCUT2D eigenvalue weighted by Gasteiger charge is -2.21. The molecule has 82 valence electrons. The van der Waals surface area contributed by atoms with Gasteiger partial charge in [0.1, 0.15) is 0 Å². The molecule has 1 heterocycles. The van der Waals surface area contributed by atoms with Crippen molar-refractivity contribution < 1.29 is 9.53 Å². The molecule has 0 aromatic heterocycles. The number of nitrogens with zero attached hydrogens (tertiary/aromatic N) is 1.